The maximum absolute atomic E-state index is 12.3. The summed E-state index contributed by atoms with van der Waals surface area (Å²) in [6, 6.07) is 10.2. The maximum atomic E-state index is 12.3. The molecule has 0 bridgehead atoms. The molecule has 0 spiro atoms. The lowest BCUT2D eigenvalue weighted by molar-refractivity contribution is -0.116. The van der Waals surface area contributed by atoms with Crippen LogP contribution >= 0.6 is 23.1 Å². The molecule has 6 heteroatoms. The molecule has 3 N–H and O–H groups in total. The van der Waals surface area contributed by atoms with Gasteiger partial charge in [-0.15, -0.1) is 23.1 Å². The van der Waals surface area contributed by atoms with Gasteiger partial charge in [0.15, 0.2) is 0 Å². The van der Waals surface area contributed by atoms with E-state index in [-0.39, 0.29) is 5.91 Å². The van der Waals surface area contributed by atoms with Crippen LogP contribution in [0.3, 0.4) is 0 Å². The summed E-state index contributed by atoms with van der Waals surface area (Å²) in [5.41, 5.74) is 7.18. The van der Waals surface area contributed by atoms with Gasteiger partial charge in [0.1, 0.15) is 5.00 Å². The average molecular weight is 389 g/mol. The maximum Gasteiger partial charge on any atom is 0.251 e. The number of amides is 2. The fourth-order valence-corrected chi connectivity index (χ4v) is 5.53. The minimum absolute atomic E-state index is 0.0483. The number of thiophene rings is 1. The molecule has 2 aromatic rings. The molecule has 1 atom stereocenters. The van der Waals surface area contributed by atoms with Crippen molar-refractivity contribution in [2.75, 3.05) is 11.1 Å². The highest BCUT2D eigenvalue weighted by Gasteiger charge is 2.27. The summed E-state index contributed by atoms with van der Waals surface area (Å²) in [6.45, 7) is 2.22. The van der Waals surface area contributed by atoms with Gasteiger partial charge < -0.3 is 11.1 Å². The van der Waals surface area contributed by atoms with Gasteiger partial charge in [0.2, 0.25) is 5.91 Å². The van der Waals surface area contributed by atoms with E-state index in [1.54, 1.807) is 11.8 Å². The fraction of sp³-hybridized carbons (Fsp3) is 0.400. The Bertz CT molecular complexity index is 787. The van der Waals surface area contributed by atoms with E-state index in [1.165, 1.54) is 21.1 Å². The summed E-state index contributed by atoms with van der Waals surface area (Å²) in [5, 5.41) is 3.57. The minimum atomic E-state index is -0.438. The molecule has 1 heterocycles. The van der Waals surface area contributed by atoms with Crippen molar-refractivity contribution >= 4 is 39.9 Å². The Morgan fingerprint density at radius 2 is 2.08 bits per heavy atom. The molecule has 1 aliphatic carbocycles. The van der Waals surface area contributed by atoms with Gasteiger partial charge in [0, 0.05) is 16.2 Å². The summed E-state index contributed by atoms with van der Waals surface area (Å²) in [5.74, 6) is 1.01. The third kappa shape index (κ3) is 4.68. The van der Waals surface area contributed by atoms with E-state index in [1.807, 2.05) is 18.2 Å². The molecule has 138 valence electrons. The van der Waals surface area contributed by atoms with Gasteiger partial charge in [-0.3, -0.25) is 9.59 Å². The predicted octanol–water partition coefficient (Wildman–Crippen LogP) is 4.48. The number of rotatable bonds is 7. The van der Waals surface area contributed by atoms with Gasteiger partial charge in [-0.25, -0.2) is 0 Å². The van der Waals surface area contributed by atoms with Crippen molar-refractivity contribution < 1.29 is 9.59 Å². The fourth-order valence-electron chi connectivity index (χ4n) is 3.23. The van der Waals surface area contributed by atoms with Crippen LogP contribution in [0.1, 0.15) is 47.0 Å². The van der Waals surface area contributed by atoms with Crippen LogP contribution in [-0.2, 0) is 17.6 Å². The van der Waals surface area contributed by atoms with Crippen LogP contribution < -0.4 is 11.1 Å². The number of carbonyl (C=O) groups is 2. The lowest BCUT2D eigenvalue weighted by atomic mass is 9.88. The van der Waals surface area contributed by atoms with E-state index in [2.05, 4.69) is 24.4 Å². The van der Waals surface area contributed by atoms with Crippen LogP contribution in [0.25, 0.3) is 0 Å². The Morgan fingerprint density at radius 3 is 2.81 bits per heavy atom. The molecule has 0 aliphatic heterocycles. The van der Waals surface area contributed by atoms with Crippen molar-refractivity contribution in [1.82, 2.24) is 0 Å². The van der Waals surface area contributed by atoms with Crippen molar-refractivity contribution in [1.29, 1.82) is 0 Å². The van der Waals surface area contributed by atoms with Crippen LogP contribution in [-0.4, -0.2) is 17.6 Å². The third-order valence-corrected chi connectivity index (χ3v) is 6.84. The summed E-state index contributed by atoms with van der Waals surface area (Å²) in [7, 11) is 0. The van der Waals surface area contributed by atoms with Crippen molar-refractivity contribution in [3.63, 3.8) is 0 Å². The first-order valence-electron chi connectivity index (χ1n) is 8.96. The number of nitrogens with one attached hydrogen (secondary N) is 1. The van der Waals surface area contributed by atoms with E-state index in [4.69, 9.17) is 5.73 Å². The van der Waals surface area contributed by atoms with Gasteiger partial charge in [0.05, 0.1) is 5.56 Å². The summed E-state index contributed by atoms with van der Waals surface area (Å²) in [4.78, 5) is 26.6. The number of benzene rings is 1. The van der Waals surface area contributed by atoms with Crippen LogP contribution in [0.5, 0.6) is 0 Å². The van der Waals surface area contributed by atoms with Crippen LogP contribution in [0, 0.1) is 5.92 Å². The van der Waals surface area contributed by atoms with Crippen molar-refractivity contribution in [3.05, 3.63) is 46.3 Å². The normalized spacial score (nSPS) is 16.1. The molecule has 1 aromatic heterocycles. The quantitative estimate of drug-likeness (QED) is 0.542. The summed E-state index contributed by atoms with van der Waals surface area (Å²) < 4.78 is 0. The molecular formula is C20H24N2O2S2. The molecule has 0 saturated carbocycles. The molecule has 0 saturated heterocycles. The van der Waals surface area contributed by atoms with Crippen LogP contribution in [0.2, 0.25) is 0 Å². The van der Waals surface area contributed by atoms with Gasteiger partial charge in [-0.2, -0.15) is 0 Å². The molecule has 1 unspecified atom stereocenters. The first-order chi connectivity index (χ1) is 12.5. The molecular weight excluding hydrogens is 364 g/mol. The molecule has 0 fully saturated rings. The van der Waals surface area contributed by atoms with E-state index in [0.29, 0.717) is 22.9 Å². The number of carbonyl (C=O) groups excluding carboxylic acids is 2. The SMILES string of the molecule is CC1CCc2c(sc(NC(=O)CCCSc3ccccc3)c2C(N)=O)C1. The first kappa shape index (κ1) is 19.0. The molecule has 0 radical (unpaired) electrons. The number of primary amides is 1. The van der Waals surface area contributed by atoms with Gasteiger partial charge in [-0.1, -0.05) is 25.1 Å². The molecule has 1 aliphatic rings. The highest BCUT2D eigenvalue weighted by atomic mass is 32.2. The lowest BCUT2D eigenvalue weighted by Crippen LogP contribution is -2.19. The Balaban J connectivity index is 1.56. The number of nitrogens with two attached hydrogens (primary N) is 1. The van der Waals surface area contributed by atoms with E-state index >= 15 is 0 Å². The molecule has 2 amide bonds. The van der Waals surface area contributed by atoms with E-state index in [0.717, 1.165) is 37.0 Å². The van der Waals surface area contributed by atoms with Crippen molar-refractivity contribution in [3.8, 4) is 0 Å². The van der Waals surface area contributed by atoms with Gasteiger partial charge in [-0.05, 0) is 55.1 Å². The zero-order valence-corrected chi connectivity index (χ0v) is 16.6. The van der Waals surface area contributed by atoms with E-state index < -0.39 is 5.91 Å². The predicted molar refractivity (Wildman–Crippen MR) is 109 cm³/mol. The Hall–Kier alpha value is -1.79. The second kappa shape index (κ2) is 8.73. The van der Waals surface area contributed by atoms with Gasteiger partial charge in [0.25, 0.3) is 5.91 Å². The third-order valence-electron chi connectivity index (χ3n) is 4.57. The highest BCUT2D eigenvalue weighted by molar-refractivity contribution is 7.99. The number of fused-ring (bicyclic) bond motifs is 1. The topological polar surface area (TPSA) is 72.2 Å². The summed E-state index contributed by atoms with van der Waals surface area (Å²) >= 11 is 3.27. The lowest BCUT2D eigenvalue weighted by Gasteiger charge is -2.18. The van der Waals surface area contributed by atoms with Crippen molar-refractivity contribution in [2.24, 2.45) is 11.7 Å². The van der Waals surface area contributed by atoms with Crippen LogP contribution in [0.4, 0.5) is 5.00 Å². The number of hydrogen-bond acceptors (Lipinski definition) is 4. The zero-order chi connectivity index (χ0) is 18.5. The largest absolute Gasteiger partial charge is 0.365 e. The monoisotopic (exact) mass is 388 g/mol. The second-order valence-corrected chi connectivity index (χ2v) is 9.01. The number of hydrogen-bond donors (Lipinski definition) is 2. The second-order valence-electron chi connectivity index (χ2n) is 6.73. The Morgan fingerprint density at radius 1 is 1.31 bits per heavy atom. The molecule has 1 aromatic carbocycles. The Kier molecular flexibility index (Phi) is 6.38. The van der Waals surface area contributed by atoms with Crippen LogP contribution in [0.15, 0.2) is 35.2 Å². The first-order valence-corrected chi connectivity index (χ1v) is 10.8. The zero-order valence-electron chi connectivity index (χ0n) is 14.9. The molecule has 26 heavy (non-hydrogen) atoms. The van der Waals surface area contributed by atoms with Crippen molar-refractivity contribution in [2.45, 2.75) is 43.9 Å². The molecule has 3 rings (SSSR count). The smallest absolute Gasteiger partial charge is 0.251 e. The summed E-state index contributed by atoms with van der Waals surface area (Å²) in [6.07, 6.45) is 4.13. The number of anilines is 1. The standard InChI is InChI=1S/C20H24N2O2S2/c1-13-9-10-15-16(12-13)26-20(18(15)19(21)24)22-17(23)8-5-11-25-14-6-3-2-4-7-14/h2-4,6-7,13H,5,8-12H2,1H3,(H2,21,24)(H,22,23). The minimum Gasteiger partial charge on any atom is -0.365 e. The Labute approximate surface area is 162 Å². The number of thioether (sulfide) groups is 1. The average Bonchev–Trinajstić information content (AvgIpc) is 2.96. The van der Waals surface area contributed by atoms with E-state index in [9.17, 15) is 9.59 Å². The molecule has 4 nitrogen and oxygen atoms in total. The van der Waals surface area contributed by atoms with Gasteiger partial charge >= 0.3 is 0 Å². The highest BCUT2D eigenvalue weighted by Crippen LogP contribution is 2.39.